The smallest absolute Gasteiger partial charge is 0.306 e. The van der Waals surface area contributed by atoms with E-state index < -0.39 is 11.9 Å². The summed E-state index contributed by atoms with van der Waals surface area (Å²) < 4.78 is 10.7. The third-order valence-corrected chi connectivity index (χ3v) is 5.32. The highest BCUT2D eigenvalue weighted by Crippen LogP contribution is 2.29. The summed E-state index contributed by atoms with van der Waals surface area (Å²) in [5.41, 5.74) is 3.30. The molecule has 3 aromatic carbocycles. The van der Waals surface area contributed by atoms with E-state index in [1.54, 1.807) is 36.4 Å². The maximum atomic E-state index is 12.2. The highest BCUT2D eigenvalue weighted by Gasteiger charge is 2.11. The molecule has 0 atom stereocenters. The fourth-order valence-electron chi connectivity index (χ4n) is 3.24. The molecule has 2 N–H and O–H groups in total. The molecule has 3 aromatic rings. The molecule has 0 radical (unpaired) electrons. The van der Waals surface area contributed by atoms with Crippen molar-refractivity contribution >= 4 is 40.8 Å². The normalized spacial score (nSPS) is 10.4. The number of amides is 2. The Morgan fingerprint density at radius 1 is 0.857 bits per heavy atom. The number of para-hydroxylation sites is 1. The first kappa shape index (κ1) is 25.8. The van der Waals surface area contributed by atoms with Crippen LogP contribution in [0.15, 0.2) is 66.7 Å². The largest absolute Gasteiger partial charge is 0.456 e. The van der Waals surface area contributed by atoms with Gasteiger partial charge in [-0.25, -0.2) is 0 Å². The number of carbonyl (C=O) groups is 3. The van der Waals surface area contributed by atoms with Gasteiger partial charge < -0.3 is 20.1 Å². The Kier molecular flexibility index (Phi) is 9.26. The number of aryl methyl sites for hydroxylation is 2. The van der Waals surface area contributed by atoms with Crippen molar-refractivity contribution in [2.24, 2.45) is 0 Å². The highest BCUT2D eigenvalue weighted by molar-refractivity contribution is 6.32. The van der Waals surface area contributed by atoms with E-state index in [1.165, 1.54) is 0 Å². The van der Waals surface area contributed by atoms with Crippen molar-refractivity contribution in [3.63, 3.8) is 0 Å². The van der Waals surface area contributed by atoms with E-state index in [1.807, 2.05) is 44.2 Å². The third-order valence-electron chi connectivity index (χ3n) is 5.01. The van der Waals surface area contributed by atoms with Crippen LogP contribution in [0, 0.1) is 13.8 Å². The first-order chi connectivity index (χ1) is 16.8. The van der Waals surface area contributed by atoms with Crippen LogP contribution in [0.25, 0.3) is 0 Å². The number of anilines is 2. The van der Waals surface area contributed by atoms with Crippen LogP contribution < -0.4 is 15.4 Å². The Bertz CT molecular complexity index is 1190. The van der Waals surface area contributed by atoms with Gasteiger partial charge in [0.1, 0.15) is 11.5 Å². The molecule has 0 aliphatic carbocycles. The Morgan fingerprint density at radius 2 is 1.60 bits per heavy atom. The molecular weight excluding hydrogens is 468 g/mol. The fourth-order valence-corrected chi connectivity index (χ4v) is 3.41. The van der Waals surface area contributed by atoms with E-state index in [9.17, 15) is 14.4 Å². The fraction of sp³-hybridized carbons (Fsp3) is 0.222. The van der Waals surface area contributed by atoms with Crippen LogP contribution in [0.2, 0.25) is 5.02 Å². The molecule has 0 aliphatic rings. The summed E-state index contributed by atoms with van der Waals surface area (Å²) in [5.74, 6) is -0.0502. The van der Waals surface area contributed by atoms with Crippen LogP contribution in [0.4, 0.5) is 11.4 Å². The number of esters is 1. The Labute approximate surface area is 209 Å². The van der Waals surface area contributed by atoms with Gasteiger partial charge in [-0.05, 0) is 68.3 Å². The zero-order valence-corrected chi connectivity index (χ0v) is 20.4. The van der Waals surface area contributed by atoms with Gasteiger partial charge in [0.2, 0.25) is 5.91 Å². The second-order valence-electron chi connectivity index (χ2n) is 7.99. The monoisotopic (exact) mass is 494 g/mol. The van der Waals surface area contributed by atoms with Crippen LogP contribution in [-0.4, -0.2) is 24.4 Å². The van der Waals surface area contributed by atoms with Crippen LogP contribution >= 0.6 is 11.6 Å². The number of rotatable bonds is 10. The van der Waals surface area contributed by atoms with E-state index in [0.29, 0.717) is 34.3 Å². The van der Waals surface area contributed by atoms with Gasteiger partial charge in [-0.15, -0.1) is 0 Å². The molecule has 0 saturated heterocycles. The minimum absolute atomic E-state index is 0.0366. The van der Waals surface area contributed by atoms with Crippen molar-refractivity contribution in [2.75, 3.05) is 17.2 Å². The molecule has 0 saturated carbocycles. The maximum absolute atomic E-state index is 12.2. The molecule has 0 bridgehead atoms. The second-order valence-corrected chi connectivity index (χ2v) is 8.39. The average Bonchev–Trinajstić information content (AvgIpc) is 2.82. The quantitative estimate of drug-likeness (QED) is 0.335. The highest BCUT2D eigenvalue weighted by atomic mass is 35.5. The zero-order chi connectivity index (χ0) is 25.2. The zero-order valence-electron chi connectivity index (χ0n) is 19.6. The predicted molar refractivity (Wildman–Crippen MR) is 136 cm³/mol. The van der Waals surface area contributed by atoms with Gasteiger partial charge in [0.25, 0.3) is 5.91 Å². The molecule has 2 amide bonds. The van der Waals surface area contributed by atoms with E-state index in [0.717, 1.165) is 11.1 Å². The molecule has 0 fully saturated rings. The molecule has 3 rings (SSSR count). The summed E-state index contributed by atoms with van der Waals surface area (Å²) >= 11 is 6.09. The van der Waals surface area contributed by atoms with Crippen LogP contribution in [0.3, 0.4) is 0 Å². The summed E-state index contributed by atoms with van der Waals surface area (Å²) in [6.45, 7) is 3.48. The Balaban J connectivity index is 1.34. The number of hydrogen-bond donors (Lipinski definition) is 2. The number of halogens is 1. The van der Waals surface area contributed by atoms with E-state index in [4.69, 9.17) is 21.1 Å². The molecule has 0 unspecified atom stereocenters. The van der Waals surface area contributed by atoms with Crippen molar-refractivity contribution in [3.8, 4) is 11.5 Å². The minimum atomic E-state index is -0.533. The number of nitrogens with one attached hydrogen (secondary N) is 2. The molecule has 0 aromatic heterocycles. The first-order valence-electron chi connectivity index (χ1n) is 11.1. The summed E-state index contributed by atoms with van der Waals surface area (Å²) in [4.78, 5) is 36.1. The SMILES string of the molecule is Cc1ccc(NC(=O)COC(=O)CCCC(=O)Nc2ccc(Oc3ccccc3Cl)cc2)c(C)c1. The summed E-state index contributed by atoms with van der Waals surface area (Å²) in [6, 6.07) is 19.7. The molecule has 0 spiro atoms. The van der Waals surface area contributed by atoms with Crippen molar-refractivity contribution in [3.05, 3.63) is 82.9 Å². The molecule has 182 valence electrons. The second kappa shape index (κ2) is 12.6. The lowest BCUT2D eigenvalue weighted by atomic mass is 10.1. The Hall–Kier alpha value is -3.84. The van der Waals surface area contributed by atoms with Crippen molar-refractivity contribution < 1.29 is 23.9 Å². The number of ether oxygens (including phenoxy) is 2. The van der Waals surface area contributed by atoms with Gasteiger partial charge in [0.05, 0.1) is 5.02 Å². The molecule has 7 nitrogen and oxygen atoms in total. The van der Waals surface area contributed by atoms with Crippen molar-refractivity contribution in [2.45, 2.75) is 33.1 Å². The van der Waals surface area contributed by atoms with Crippen LogP contribution in [-0.2, 0) is 19.1 Å². The third kappa shape index (κ3) is 8.46. The standard InChI is InChI=1S/C27H27ClN2O5/c1-18-10-15-23(19(2)16-18)30-26(32)17-34-27(33)9-5-8-25(31)29-20-11-13-21(14-12-20)35-24-7-4-3-6-22(24)28/h3-4,6-7,10-16H,5,8-9,17H2,1-2H3,(H,29,31)(H,30,32). The maximum Gasteiger partial charge on any atom is 0.306 e. The summed E-state index contributed by atoms with van der Waals surface area (Å²) in [7, 11) is 0. The van der Waals surface area contributed by atoms with Gasteiger partial charge in [-0.2, -0.15) is 0 Å². The van der Waals surface area contributed by atoms with Gasteiger partial charge in [0, 0.05) is 24.2 Å². The Morgan fingerprint density at radius 3 is 2.31 bits per heavy atom. The van der Waals surface area contributed by atoms with Gasteiger partial charge >= 0.3 is 5.97 Å². The molecule has 0 aliphatic heterocycles. The molecule has 35 heavy (non-hydrogen) atoms. The predicted octanol–water partition coefficient (Wildman–Crippen LogP) is 6.04. The van der Waals surface area contributed by atoms with E-state index in [-0.39, 0.29) is 25.4 Å². The minimum Gasteiger partial charge on any atom is -0.456 e. The van der Waals surface area contributed by atoms with E-state index in [2.05, 4.69) is 10.6 Å². The average molecular weight is 495 g/mol. The lowest BCUT2D eigenvalue weighted by molar-refractivity contribution is -0.147. The van der Waals surface area contributed by atoms with Gasteiger partial charge in [-0.1, -0.05) is 41.4 Å². The van der Waals surface area contributed by atoms with Crippen LogP contribution in [0.1, 0.15) is 30.4 Å². The number of carbonyl (C=O) groups excluding carboxylic acids is 3. The summed E-state index contributed by atoms with van der Waals surface area (Å²) in [5, 5.41) is 5.99. The molecular formula is C27H27ClN2O5. The number of hydrogen-bond acceptors (Lipinski definition) is 5. The van der Waals surface area contributed by atoms with Crippen LogP contribution in [0.5, 0.6) is 11.5 Å². The van der Waals surface area contributed by atoms with Crippen molar-refractivity contribution in [1.82, 2.24) is 0 Å². The summed E-state index contributed by atoms with van der Waals surface area (Å²) in [6.07, 6.45) is 0.480. The lowest BCUT2D eigenvalue weighted by Gasteiger charge is -2.10. The lowest BCUT2D eigenvalue weighted by Crippen LogP contribution is -2.21. The molecule has 0 heterocycles. The first-order valence-corrected chi connectivity index (χ1v) is 11.5. The van der Waals surface area contributed by atoms with Gasteiger partial charge in [0.15, 0.2) is 6.61 Å². The molecule has 8 heteroatoms. The topological polar surface area (TPSA) is 93.7 Å². The van der Waals surface area contributed by atoms with Gasteiger partial charge in [-0.3, -0.25) is 14.4 Å². The van der Waals surface area contributed by atoms with E-state index >= 15 is 0 Å². The van der Waals surface area contributed by atoms with Crippen molar-refractivity contribution in [1.29, 1.82) is 0 Å². The number of benzene rings is 3.